The molecule has 1 unspecified atom stereocenters. The summed E-state index contributed by atoms with van der Waals surface area (Å²) in [6.07, 6.45) is 9.35. The molecule has 0 bridgehead atoms. The minimum atomic E-state index is -0.279. The van der Waals surface area contributed by atoms with Crippen molar-refractivity contribution < 1.29 is 18.7 Å². The summed E-state index contributed by atoms with van der Waals surface area (Å²) < 4.78 is 10.9. The van der Waals surface area contributed by atoms with E-state index in [2.05, 4.69) is 17.4 Å². The van der Waals surface area contributed by atoms with E-state index >= 15 is 0 Å². The molecular formula is C27H31N3O4S. The lowest BCUT2D eigenvalue weighted by Crippen LogP contribution is -2.43. The number of thiazole rings is 1. The van der Waals surface area contributed by atoms with Crippen molar-refractivity contribution in [3.05, 3.63) is 53.3 Å². The number of rotatable bonds is 6. The first-order valence-electron chi connectivity index (χ1n) is 12.4. The molecule has 184 valence electrons. The fourth-order valence-corrected chi connectivity index (χ4v) is 5.92. The second kappa shape index (κ2) is 10.6. The van der Waals surface area contributed by atoms with Crippen LogP contribution in [0.5, 0.6) is 5.75 Å². The molecule has 3 aromatic rings. The number of anilines is 1. The lowest BCUT2D eigenvalue weighted by atomic mass is 9.83. The molecule has 2 fully saturated rings. The van der Waals surface area contributed by atoms with Gasteiger partial charge in [0.2, 0.25) is 5.91 Å². The van der Waals surface area contributed by atoms with E-state index in [4.69, 9.17) is 14.1 Å². The molecule has 1 saturated heterocycles. The Kier molecular flexibility index (Phi) is 7.18. The van der Waals surface area contributed by atoms with E-state index in [1.807, 2.05) is 11.4 Å². The van der Waals surface area contributed by atoms with Crippen LogP contribution in [0.1, 0.15) is 67.0 Å². The standard InChI is InChI=1S/C27H31N3O4S/c1-33-23-12-11-19(18-7-3-2-4-8-18)15-21(23)22-17-35-27(28-22)29-25(31)20-9-5-13-30(16-20)26(32)24-10-6-14-34-24/h6,10-12,14-15,17-18,20H,2-5,7-9,13,16H2,1H3,(H,28,29,31). The molecule has 2 aromatic heterocycles. The summed E-state index contributed by atoms with van der Waals surface area (Å²) in [6, 6.07) is 9.76. The summed E-state index contributed by atoms with van der Waals surface area (Å²) >= 11 is 1.41. The largest absolute Gasteiger partial charge is 0.496 e. The number of ether oxygens (including phenoxy) is 1. The Hall–Kier alpha value is -3.13. The van der Waals surface area contributed by atoms with Crippen LogP contribution in [0, 0.1) is 5.92 Å². The second-order valence-electron chi connectivity index (χ2n) is 9.39. The van der Waals surface area contributed by atoms with Gasteiger partial charge < -0.3 is 19.4 Å². The summed E-state index contributed by atoms with van der Waals surface area (Å²) in [4.78, 5) is 32.1. The van der Waals surface area contributed by atoms with E-state index in [1.54, 1.807) is 24.1 Å². The van der Waals surface area contributed by atoms with Crippen molar-refractivity contribution in [2.24, 2.45) is 5.92 Å². The average molecular weight is 494 g/mol. The van der Waals surface area contributed by atoms with E-state index in [1.165, 1.54) is 55.3 Å². The molecule has 1 aliphatic heterocycles. The fourth-order valence-electron chi connectivity index (χ4n) is 5.21. The third-order valence-corrected chi connectivity index (χ3v) is 7.88. The van der Waals surface area contributed by atoms with Crippen molar-refractivity contribution in [1.29, 1.82) is 0 Å². The van der Waals surface area contributed by atoms with Crippen LogP contribution in [0.2, 0.25) is 0 Å². The van der Waals surface area contributed by atoms with E-state index in [0.29, 0.717) is 29.9 Å². The highest BCUT2D eigenvalue weighted by Gasteiger charge is 2.30. The van der Waals surface area contributed by atoms with Crippen molar-refractivity contribution in [1.82, 2.24) is 9.88 Å². The minimum absolute atomic E-state index is 0.106. The molecule has 1 N–H and O–H groups in total. The molecule has 3 heterocycles. The number of hydrogen-bond donors (Lipinski definition) is 1. The number of carbonyl (C=O) groups is 2. The van der Waals surface area contributed by atoms with Crippen molar-refractivity contribution in [2.75, 3.05) is 25.5 Å². The molecular weight excluding hydrogens is 462 g/mol. The SMILES string of the molecule is COc1ccc(C2CCCCC2)cc1-c1csc(NC(=O)C2CCCN(C(=O)c3ccco3)C2)n1. The number of methoxy groups -OCH3 is 1. The van der Waals surface area contributed by atoms with E-state index in [9.17, 15) is 9.59 Å². The summed E-state index contributed by atoms with van der Waals surface area (Å²) in [5.41, 5.74) is 3.10. The molecule has 7 nitrogen and oxygen atoms in total. The molecule has 0 spiro atoms. The Morgan fingerprint density at radius 3 is 2.77 bits per heavy atom. The second-order valence-corrected chi connectivity index (χ2v) is 10.2. The predicted molar refractivity (Wildman–Crippen MR) is 136 cm³/mol. The number of amides is 2. The number of aromatic nitrogens is 1. The number of hydrogen-bond acceptors (Lipinski definition) is 6. The maximum atomic E-state index is 13.0. The molecule has 0 radical (unpaired) electrons. The quantitative estimate of drug-likeness (QED) is 0.459. The Balaban J connectivity index is 1.27. The van der Waals surface area contributed by atoms with Crippen LogP contribution in [-0.2, 0) is 4.79 Å². The summed E-state index contributed by atoms with van der Waals surface area (Å²) in [7, 11) is 1.67. The first-order valence-corrected chi connectivity index (χ1v) is 13.3. The van der Waals surface area contributed by atoms with Crippen molar-refractivity contribution in [2.45, 2.75) is 50.9 Å². The van der Waals surface area contributed by atoms with Crippen LogP contribution >= 0.6 is 11.3 Å². The zero-order chi connectivity index (χ0) is 24.2. The van der Waals surface area contributed by atoms with Gasteiger partial charge in [-0.15, -0.1) is 11.3 Å². The van der Waals surface area contributed by atoms with Crippen LogP contribution < -0.4 is 10.1 Å². The lowest BCUT2D eigenvalue weighted by molar-refractivity contribution is -0.121. The van der Waals surface area contributed by atoms with Gasteiger partial charge in [-0.05, 0) is 61.4 Å². The molecule has 8 heteroatoms. The summed E-state index contributed by atoms with van der Waals surface area (Å²) in [6.45, 7) is 1.00. The first kappa shape index (κ1) is 23.6. The number of carbonyl (C=O) groups excluding carboxylic acids is 2. The number of benzene rings is 1. The zero-order valence-corrected chi connectivity index (χ0v) is 20.8. The lowest BCUT2D eigenvalue weighted by Gasteiger charge is -2.31. The predicted octanol–water partition coefficient (Wildman–Crippen LogP) is 5.95. The Morgan fingerprint density at radius 2 is 2.00 bits per heavy atom. The Morgan fingerprint density at radius 1 is 1.14 bits per heavy atom. The number of piperidine rings is 1. The van der Waals surface area contributed by atoms with Gasteiger partial charge in [0.05, 0.1) is 25.0 Å². The highest BCUT2D eigenvalue weighted by atomic mass is 32.1. The van der Waals surface area contributed by atoms with Gasteiger partial charge in [0.1, 0.15) is 5.75 Å². The average Bonchev–Trinajstić information content (AvgIpc) is 3.61. The number of likely N-dealkylation sites (tertiary alicyclic amines) is 1. The number of nitrogens with one attached hydrogen (secondary N) is 1. The maximum absolute atomic E-state index is 13.0. The summed E-state index contributed by atoms with van der Waals surface area (Å²) in [5.74, 6) is 1.12. The highest BCUT2D eigenvalue weighted by molar-refractivity contribution is 7.14. The molecule has 2 amide bonds. The van der Waals surface area contributed by atoms with Crippen LogP contribution in [0.15, 0.2) is 46.4 Å². The van der Waals surface area contributed by atoms with Crippen molar-refractivity contribution >= 4 is 28.3 Å². The van der Waals surface area contributed by atoms with Crippen molar-refractivity contribution in [3.8, 4) is 17.0 Å². The summed E-state index contributed by atoms with van der Waals surface area (Å²) in [5, 5.41) is 5.50. The molecule has 2 aliphatic rings. The number of furan rings is 1. The molecule has 1 aromatic carbocycles. The normalized spacial score (nSPS) is 18.9. The van der Waals surface area contributed by atoms with Crippen LogP contribution in [-0.4, -0.2) is 41.9 Å². The van der Waals surface area contributed by atoms with E-state index in [-0.39, 0.29) is 17.7 Å². The third-order valence-electron chi connectivity index (χ3n) is 7.12. The monoisotopic (exact) mass is 493 g/mol. The molecule has 1 saturated carbocycles. The van der Waals surface area contributed by atoms with Crippen LogP contribution in [0.3, 0.4) is 0 Å². The Labute approximate surface area is 209 Å². The number of nitrogens with zero attached hydrogens (tertiary/aromatic N) is 2. The van der Waals surface area contributed by atoms with Gasteiger partial charge in [0.25, 0.3) is 5.91 Å². The molecule has 1 aliphatic carbocycles. The molecule has 35 heavy (non-hydrogen) atoms. The van der Waals surface area contributed by atoms with Gasteiger partial charge >= 0.3 is 0 Å². The first-order chi connectivity index (χ1) is 17.1. The van der Waals surface area contributed by atoms with Crippen LogP contribution in [0.25, 0.3) is 11.3 Å². The molecule has 1 atom stereocenters. The third kappa shape index (κ3) is 5.27. The van der Waals surface area contributed by atoms with Gasteiger partial charge in [-0.25, -0.2) is 4.98 Å². The van der Waals surface area contributed by atoms with E-state index in [0.717, 1.165) is 29.8 Å². The van der Waals surface area contributed by atoms with Gasteiger partial charge in [-0.3, -0.25) is 9.59 Å². The maximum Gasteiger partial charge on any atom is 0.289 e. The Bertz CT molecular complexity index is 1170. The van der Waals surface area contributed by atoms with E-state index < -0.39 is 0 Å². The zero-order valence-electron chi connectivity index (χ0n) is 20.0. The topological polar surface area (TPSA) is 84.7 Å². The van der Waals surface area contributed by atoms with Crippen molar-refractivity contribution in [3.63, 3.8) is 0 Å². The minimum Gasteiger partial charge on any atom is -0.496 e. The van der Waals surface area contributed by atoms with Gasteiger partial charge in [-0.1, -0.05) is 25.3 Å². The van der Waals surface area contributed by atoms with Gasteiger partial charge in [-0.2, -0.15) is 0 Å². The highest BCUT2D eigenvalue weighted by Crippen LogP contribution is 2.38. The van der Waals surface area contributed by atoms with Gasteiger partial charge in [0.15, 0.2) is 10.9 Å². The molecule has 5 rings (SSSR count). The van der Waals surface area contributed by atoms with Gasteiger partial charge in [0, 0.05) is 24.0 Å². The van der Waals surface area contributed by atoms with Crippen LogP contribution in [0.4, 0.5) is 5.13 Å². The fraction of sp³-hybridized carbons (Fsp3) is 0.444. The smallest absolute Gasteiger partial charge is 0.289 e.